The minimum atomic E-state index is -4.35. The van der Waals surface area contributed by atoms with Gasteiger partial charge in [0.25, 0.3) is 5.19 Å². The lowest BCUT2D eigenvalue weighted by Gasteiger charge is -2.54. The monoisotopic (exact) mass is 527 g/mol. The van der Waals surface area contributed by atoms with Crippen LogP contribution in [0.5, 0.6) is 5.19 Å². The molecule has 0 atom stereocenters. The lowest BCUT2D eigenvalue weighted by Crippen LogP contribution is -2.57. The molecule has 8 nitrogen and oxygen atoms in total. The number of fused-ring (bicyclic) bond motifs is 4. The molecular formula is C24H32F3N5O3S. The number of nitrogens with one attached hydrogen (secondary N) is 1. The predicted molar refractivity (Wildman–Crippen MR) is 126 cm³/mol. The fourth-order valence-electron chi connectivity index (χ4n) is 5.92. The summed E-state index contributed by atoms with van der Waals surface area (Å²) < 4.78 is 47.4. The summed E-state index contributed by atoms with van der Waals surface area (Å²) in [6.45, 7) is 3.18. The molecular weight excluding hydrogens is 495 g/mol. The van der Waals surface area contributed by atoms with Gasteiger partial charge in [-0.25, -0.2) is 4.98 Å². The van der Waals surface area contributed by atoms with Crippen molar-refractivity contribution in [3.8, 4) is 5.19 Å². The fourth-order valence-corrected chi connectivity index (χ4v) is 6.87. The molecule has 1 aliphatic heterocycles. The number of alkyl halides is 3. The number of halogens is 3. The Labute approximate surface area is 212 Å². The van der Waals surface area contributed by atoms with Crippen molar-refractivity contribution in [2.45, 2.75) is 82.8 Å². The van der Waals surface area contributed by atoms with Crippen molar-refractivity contribution in [3.05, 3.63) is 22.4 Å². The Bertz CT molecular complexity index is 1040. The Kier molecular flexibility index (Phi) is 7.01. The number of amides is 1. The summed E-state index contributed by atoms with van der Waals surface area (Å²) >= 11 is 1.25. The highest BCUT2D eigenvalue weighted by Crippen LogP contribution is 2.54. The molecule has 2 aromatic heterocycles. The molecule has 3 fully saturated rings. The van der Waals surface area contributed by atoms with Crippen LogP contribution in [-0.4, -0.2) is 63.9 Å². The van der Waals surface area contributed by atoms with E-state index in [1.54, 1.807) is 6.92 Å². The summed E-state index contributed by atoms with van der Waals surface area (Å²) in [5, 5.41) is 11.1. The molecule has 198 valence electrons. The van der Waals surface area contributed by atoms with E-state index in [9.17, 15) is 18.0 Å². The zero-order valence-corrected chi connectivity index (χ0v) is 21.3. The topological polar surface area (TPSA) is 93.4 Å². The highest BCUT2D eigenvalue weighted by atomic mass is 32.1. The van der Waals surface area contributed by atoms with E-state index < -0.39 is 12.8 Å². The summed E-state index contributed by atoms with van der Waals surface area (Å²) in [5.74, 6) is 0.771. The summed E-state index contributed by atoms with van der Waals surface area (Å²) in [5.41, 5.74) is 1.11. The largest absolute Gasteiger partial charge is 0.460 e. The SMILES string of the molecule is Cc1nnc(CC(=O)NC23CCC(CCN4CCc5nc(OCC(F)(F)F)sc5CC4)(CC2)CC3)o1. The summed E-state index contributed by atoms with van der Waals surface area (Å²) in [6, 6.07) is 0. The highest BCUT2D eigenvalue weighted by Gasteiger charge is 2.49. The molecule has 0 unspecified atom stereocenters. The van der Waals surface area contributed by atoms with Crippen LogP contribution in [0.4, 0.5) is 13.2 Å². The zero-order chi connectivity index (χ0) is 25.4. The molecule has 4 aliphatic rings. The molecule has 6 rings (SSSR count). The first-order chi connectivity index (χ1) is 17.1. The highest BCUT2D eigenvalue weighted by molar-refractivity contribution is 7.13. The van der Waals surface area contributed by atoms with Gasteiger partial charge in [0.05, 0.1) is 5.69 Å². The molecule has 0 saturated heterocycles. The van der Waals surface area contributed by atoms with Crippen molar-refractivity contribution in [2.75, 3.05) is 26.2 Å². The smallest absolute Gasteiger partial charge is 0.422 e. The van der Waals surface area contributed by atoms with Gasteiger partial charge in [0, 0.05) is 36.9 Å². The number of ether oxygens (including phenoxy) is 1. The van der Waals surface area contributed by atoms with E-state index in [0.29, 0.717) is 17.2 Å². The second-order valence-electron chi connectivity index (χ2n) is 10.6. The number of thiazole rings is 1. The van der Waals surface area contributed by atoms with Gasteiger partial charge in [-0.05, 0) is 63.3 Å². The Morgan fingerprint density at radius 2 is 1.86 bits per heavy atom. The number of aromatic nitrogens is 3. The first-order valence-corrected chi connectivity index (χ1v) is 13.4. The zero-order valence-electron chi connectivity index (χ0n) is 20.5. The number of nitrogens with zero attached hydrogens (tertiary/aromatic N) is 4. The molecule has 2 bridgehead atoms. The van der Waals surface area contributed by atoms with Gasteiger partial charge in [0.15, 0.2) is 6.61 Å². The number of rotatable bonds is 8. The van der Waals surface area contributed by atoms with Gasteiger partial charge < -0.3 is 19.4 Å². The second-order valence-corrected chi connectivity index (χ2v) is 11.6. The van der Waals surface area contributed by atoms with E-state index in [-0.39, 0.29) is 23.1 Å². The summed E-state index contributed by atoms with van der Waals surface area (Å²) in [7, 11) is 0. The van der Waals surface area contributed by atoms with Crippen LogP contribution in [0.3, 0.4) is 0 Å². The van der Waals surface area contributed by atoms with Gasteiger partial charge in [-0.1, -0.05) is 11.3 Å². The van der Waals surface area contributed by atoms with E-state index in [0.717, 1.165) is 88.0 Å². The van der Waals surface area contributed by atoms with Crippen LogP contribution in [-0.2, 0) is 24.1 Å². The number of hydrogen-bond acceptors (Lipinski definition) is 8. The summed E-state index contributed by atoms with van der Waals surface area (Å²) in [6.07, 6.45) is 4.82. The molecule has 0 aromatic carbocycles. The Balaban J connectivity index is 1.07. The van der Waals surface area contributed by atoms with E-state index >= 15 is 0 Å². The third kappa shape index (κ3) is 6.01. The van der Waals surface area contributed by atoms with Gasteiger partial charge in [0.2, 0.25) is 17.7 Å². The van der Waals surface area contributed by atoms with Crippen LogP contribution >= 0.6 is 11.3 Å². The van der Waals surface area contributed by atoms with Crippen molar-refractivity contribution >= 4 is 17.2 Å². The van der Waals surface area contributed by atoms with Gasteiger partial charge in [-0.3, -0.25) is 4.79 Å². The number of carbonyl (C=O) groups excluding carboxylic acids is 1. The van der Waals surface area contributed by atoms with Crippen LogP contribution in [0.15, 0.2) is 4.42 Å². The Morgan fingerprint density at radius 1 is 1.14 bits per heavy atom. The second kappa shape index (κ2) is 9.92. The normalized spacial score (nSPS) is 26.4. The van der Waals surface area contributed by atoms with Crippen molar-refractivity contribution in [1.82, 2.24) is 25.4 Å². The van der Waals surface area contributed by atoms with Crippen molar-refractivity contribution in [1.29, 1.82) is 0 Å². The maximum Gasteiger partial charge on any atom is 0.422 e. The third-order valence-corrected chi connectivity index (χ3v) is 9.15. The van der Waals surface area contributed by atoms with Crippen LogP contribution in [0, 0.1) is 12.3 Å². The lowest BCUT2D eigenvalue weighted by atomic mass is 9.56. The van der Waals surface area contributed by atoms with Crippen molar-refractivity contribution in [2.24, 2.45) is 5.41 Å². The van der Waals surface area contributed by atoms with Crippen molar-refractivity contribution in [3.63, 3.8) is 0 Å². The lowest BCUT2D eigenvalue weighted by molar-refractivity contribution is -0.153. The molecule has 3 heterocycles. The van der Waals surface area contributed by atoms with Crippen LogP contribution < -0.4 is 10.1 Å². The molecule has 0 radical (unpaired) electrons. The molecule has 0 spiro atoms. The molecule has 12 heteroatoms. The average molecular weight is 528 g/mol. The van der Waals surface area contributed by atoms with Gasteiger partial charge in [-0.15, -0.1) is 10.2 Å². The molecule has 1 N–H and O–H groups in total. The third-order valence-electron chi connectivity index (χ3n) is 8.08. The number of aryl methyl sites for hydroxylation is 1. The Hall–Kier alpha value is -2.21. The van der Waals surface area contributed by atoms with Crippen LogP contribution in [0.2, 0.25) is 0 Å². The fraction of sp³-hybridized carbons (Fsp3) is 0.750. The summed E-state index contributed by atoms with van der Waals surface area (Å²) in [4.78, 5) is 20.4. The molecule has 3 aliphatic carbocycles. The first-order valence-electron chi connectivity index (χ1n) is 12.6. The van der Waals surface area contributed by atoms with E-state index in [1.165, 1.54) is 11.3 Å². The van der Waals surface area contributed by atoms with Gasteiger partial charge in [0.1, 0.15) is 6.42 Å². The quantitative estimate of drug-likeness (QED) is 0.554. The molecule has 36 heavy (non-hydrogen) atoms. The maximum atomic E-state index is 12.6. The number of carbonyl (C=O) groups is 1. The average Bonchev–Trinajstić information content (AvgIpc) is 3.37. The predicted octanol–water partition coefficient (Wildman–Crippen LogP) is 4.02. The van der Waals surface area contributed by atoms with E-state index in [2.05, 4.69) is 25.4 Å². The molecule has 1 amide bonds. The van der Waals surface area contributed by atoms with E-state index in [1.807, 2.05) is 0 Å². The molecule has 3 saturated carbocycles. The minimum absolute atomic E-state index is 0.0503. The molecule has 2 aromatic rings. The standard InChI is InChI=1S/C24H32F3N5O3S/c1-16-30-31-20(35-16)14-19(33)29-23-7-4-22(5-8-23,6-9-23)10-13-32-11-2-17-18(3-12-32)36-21(28-17)34-15-24(25,26)27/h2-15H2,1H3,(H,29,33). The van der Waals surface area contributed by atoms with Gasteiger partial charge >= 0.3 is 6.18 Å². The van der Waals surface area contributed by atoms with Crippen molar-refractivity contribution < 1.29 is 27.1 Å². The Morgan fingerprint density at radius 3 is 2.53 bits per heavy atom. The first kappa shape index (κ1) is 25.4. The number of hydrogen-bond donors (Lipinski definition) is 1. The van der Waals surface area contributed by atoms with E-state index in [4.69, 9.17) is 9.15 Å². The minimum Gasteiger partial charge on any atom is -0.460 e. The maximum absolute atomic E-state index is 12.6. The van der Waals surface area contributed by atoms with Gasteiger partial charge in [-0.2, -0.15) is 13.2 Å². The van der Waals surface area contributed by atoms with Crippen LogP contribution in [0.25, 0.3) is 0 Å². The van der Waals surface area contributed by atoms with Crippen LogP contribution in [0.1, 0.15) is 67.3 Å².